The molecule has 5 heteroatoms. The lowest BCUT2D eigenvalue weighted by Crippen LogP contribution is -2.27. The maximum absolute atomic E-state index is 10.8. The molecule has 1 rings (SSSR count). The van der Waals surface area contributed by atoms with Gasteiger partial charge in [-0.05, 0) is 38.5 Å². The summed E-state index contributed by atoms with van der Waals surface area (Å²) in [6.45, 7) is 5.17. The molecule has 0 bridgehead atoms. The topological polar surface area (TPSA) is 86.8 Å². The van der Waals surface area contributed by atoms with Gasteiger partial charge >= 0.3 is 5.97 Å². The van der Waals surface area contributed by atoms with Crippen molar-refractivity contribution in [1.29, 1.82) is 0 Å². The Morgan fingerprint density at radius 2 is 2.17 bits per heavy atom. The number of nitrogens with two attached hydrogens (primary N) is 1. The van der Waals surface area contributed by atoms with Gasteiger partial charge < -0.3 is 20.8 Å². The average molecular weight is 252 g/mol. The summed E-state index contributed by atoms with van der Waals surface area (Å²) in [5.74, 6) is -0.986. The second-order valence-electron chi connectivity index (χ2n) is 4.30. The van der Waals surface area contributed by atoms with Crippen LogP contribution in [0.25, 0.3) is 0 Å². The van der Waals surface area contributed by atoms with Crippen molar-refractivity contribution in [3.63, 3.8) is 0 Å². The van der Waals surface area contributed by atoms with Crippen molar-refractivity contribution in [1.82, 2.24) is 0 Å². The van der Waals surface area contributed by atoms with Crippen LogP contribution in [0.3, 0.4) is 0 Å². The number of carboxylic acids is 1. The molecule has 0 fully saturated rings. The standard InChI is InChI=1S/C13H20N2O3/c1-3-15(7-6-9(2)16)12-5-4-10(13(17)18)8-11(12)14/h4-5,8-9,16H,3,6-7,14H2,1-2H3,(H,17,18). The molecule has 0 aromatic heterocycles. The predicted molar refractivity (Wildman–Crippen MR) is 72.0 cm³/mol. The third-order valence-electron chi connectivity index (χ3n) is 2.81. The molecule has 0 aliphatic carbocycles. The fraction of sp³-hybridized carbons (Fsp3) is 0.462. The molecule has 1 aromatic rings. The predicted octanol–water partition coefficient (Wildman–Crippen LogP) is 1.56. The molecule has 0 saturated heterocycles. The van der Waals surface area contributed by atoms with E-state index in [4.69, 9.17) is 10.8 Å². The van der Waals surface area contributed by atoms with E-state index in [0.29, 0.717) is 18.7 Å². The van der Waals surface area contributed by atoms with Crippen molar-refractivity contribution in [2.75, 3.05) is 23.7 Å². The Morgan fingerprint density at radius 1 is 1.50 bits per heavy atom. The van der Waals surface area contributed by atoms with Gasteiger partial charge in [-0.1, -0.05) is 0 Å². The van der Waals surface area contributed by atoms with E-state index in [1.165, 1.54) is 6.07 Å². The van der Waals surface area contributed by atoms with Crippen LogP contribution in [-0.4, -0.2) is 35.4 Å². The SMILES string of the molecule is CCN(CCC(C)O)c1ccc(C(=O)O)cc1N. The maximum atomic E-state index is 10.8. The smallest absolute Gasteiger partial charge is 0.335 e. The highest BCUT2D eigenvalue weighted by atomic mass is 16.4. The Morgan fingerprint density at radius 3 is 2.61 bits per heavy atom. The summed E-state index contributed by atoms with van der Waals surface area (Å²) in [5.41, 5.74) is 7.31. The van der Waals surface area contributed by atoms with Crippen LogP contribution >= 0.6 is 0 Å². The Hall–Kier alpha value is -1.75. The zero-order valence-corrected chi connectivity index (χ0v) is 10.8. The zero-order chi connectivity index (χ0) is 13.7. The molecule has 0 aliphatic rings. The first kappa shape index (κ1) is 14.3. The second-order valence-corrected chi connectivity index (χ2v) is 4.30. The van der Waals surface area contributed by atoms with Crippen LogP contribution in [0, 0.1) is 0 Å². The van der Waals surface area contributed by atoms with Crippen molar-refractivity contribution in [2.45, 2.75) is 26.4 Å². The van der Waals surface area contributed by atoms with E-state index in [-0.39, 0.29) is 11.7 Å². The van der Waals surface area contributed by atoms with Crippen LogP contribution in [0.4, 0.5) is 11.4 Å². The van der Waals surface area contributed by atoms with Gasteiger partial charge in [0.2, 0.25) is 0 Å². The molecule has 5 nitrogen and oxygen atoms in total. The third kappa shape index (κ3) is 3.63. The number of benzene rings is 1. The molecule has 0 saturated carbocycles. The van der Waals surface area contributed by atoms with Gasteiger partial charge in [-0.15, -0.1) is 0 Å². The van der Waals surface area contributed by atoms with Crippen LogP contribution in [-0.2, 0) is 0 Å². The van der Waals surface area contributed by atoms with Gasteiger partial charge in [0.1, 0.15) is 0 Å². The Labute approximate surface area is 107 Å². The van der Waals surface area contributed by atoms with Gasteiger partial charge in [0.15, 0.2) is 0 Å². The average Bonchev–Trinajstić information content (AvgIpc) is 2.30. The second kappa shape index (κ2) is 6.26. The maximum Gasteiger partial charge on any atom is 0.335 e. The summed E-state index contributed by atoms with van der Waals surface area (Å²) in [6.07, 6.45) is 0.284. The number of hydrogen-bond acceptors (Lipinski definition) is 4. The summed E-state index contributed by atoms with van der Waals surface area (Å²) in [7, 11) is 0. The molecule has 1 aromatic carbocycles. The Balaban J connectivity index is 2.89. The lowest BCUT2D eigenvalue weighted by atomic mass is 10.1. The molecule has 100 valence electrons. The van der Waals surface area contributed by atoms with E-state index >= 15 is 0 Å². The van der Waals surface area contributed by atoms with Crippen LogP contribution in [0.1, 0.15) is 30.6 Å². The minimum atomic E-state index is -0.986. The number of hydrogen-bond donors (Lipinski definition) is 3. The highest BCUT2D eigenvalue weighted by Crippen LogP contribution is 2.24. The van der Waals surface area contributed by atoms with Gasteiger partial charge in [0.25, 0.3) is 0 Å². The lowest BCUT2D eigenvalue weighted by molar-refractivity contribution is 0.0697. The summed E-state index contributed by atoms with van der Waals surface area (Å²) in [6, 6.07) is 4.71. The number of carboxylic acid groups (broad SMARTS) is 1. The van der Waals surface area contributed by atoms with Gasteiger partial charge in [-0.25, -0.2) is 4.79 Å². The molecule has 0 amide bonds. The summed E-state index contributed by atoms with van der Waals surface area (Å²) < 4.78 is 0. The van der Waals surface area contributed by atoms with E-state index in [0.717, 1.165) is 12.2 Å². The number of rotatable bonds is 6. The highest BCUT2D eigenvalue weighted by Gasteiger charge is 2.11. The lowest BCUT2D eigenvalue weighted by Gasteiger charge is -2.25. The van der Waals surface area contributed by atoms with Crippen LogP contribution in [0.5, 0.6) is 0 Å². The van der Waals surface area contributed by atoms with Gasteiger partial charge in [0.05, 0.1) is 23.0 Å². The van der Waals surface area contributed by atoms with Crippen molar-refractivity contribution >= 4 is 17.3 Å². The molecule has 1 unspecified atom stereocenters. The molecular weight excluding hydrogens is 232 g/mol. The number of carbonyl (C=O) groups is 1. The first-order valence-corrected chi connectivity index (χ1v) is 6.01. The molecule has 0 radical (unpaired) electrons. The zero-order valence-electron chi connectivity index (χ0n) is 10.8. The number of anilines is 2. The highest BCUT2D eigenvalue weighted by molar-refractivity contribution is 5.90. The van der Waals surface area contributed by atoms with Crippen LogP contribution < -0.4 is 10.6 Å². The normalized spacial score (nSPS) is 12.2. The number of aliphatic hydroxyl groups is 1. The monoisotopic (exact) mass is 252 g/mol. The third-order valence-corrected chi connectivity index (χ3v) is 2.81. The molecule has 0 aliphatic heterocycles. The van der Waals surface area contributed by atoms with E-state index in [2.05, 4.69) is 0 Å². The molecule has 18 heavy (non-hydrogen) atoms. The van der Waals surface area contributed by atoms with Crippen LogP contribution in [0.15, 0.2) is 18.2 Å². The van der Waals surface area contributed by atoms with E-state index in [1.807, 2.05) is 11.8 Å². The Kier molecular flexibility index (Phi) is 4.97. The minimum absolute atomic E-state index is 0.183. The fourth-order valence-electron chi connectivity index (χ4n) is 1.77. The van der Waals surface area contributed by atoms with E-state index in [1.54, 1.807) is 19.1 Å². The van der Waals surface area contributed by atoms with Crippen molar-refractivity contribution in [3.05, 3.63) is 23.8 Å². The fourth-order valence-corrected chi connectivity index (χ4v) is 1.77. The number of nitrogens with zero attached hydrogens (tertiary/aromatic N) is 1. The number of nitrogen functional groups attached to an aromatic ring is 1. The summed E-state index contributed by atoms with van der Waals surface area (Å²) in [5, 5.41) is 18.2. The molecule has 1 atom stereocenters. The summed E-state index contributed by atoms with van der Waals surface area (Å²) >= 11 is 0. The first-order chi connectivity index (χ1) is 8.45. The largest absolute Gasteiger partial charge is 0.478 e. The summed E-state index contributed by atoms with van der Waals surface area (Å²) in [4.78, 5) is 12.8. The van der Waals surface area contributed by atoms with Gasteiger partial charge in [-0.3, -0.25) is 0 Å². The number of aliphatic hydroxyl groups excluding tert-OH is 1. The Bertz CT molecular complexity index is 419. The van der Waals surface area contributed by atoms with Gasteiger partial charge in [0, 0.05) is 13.1 Å². The molecule has 0 spiro atoms. The van der Waals surface area contributed by atoms with Gasteiger partial charge in [-0.2, -0.15) is 0 Å². The quantitative estimate of drug-likeness (QED) is 0.669. The minimum Gasteiger partial charge on any atom is -0.478 e. The van der Waals surface area contributed by atoms with E-state index in [9.17, 15) is 9.90 Å². The number of aromatic carboxylic acids is 1. The van der Waals surface area contributed by atoms with Crippen molar-refractivity contribution in [3.8, 4) is 0 Å². The van der Waals surface area contributed by atoms with Crippen molar-refractivity contribution < 1.29 is 15.0 Å². The molecule has 0 heterocycles. The van der Waals surface area contributed by atoms with Crippen molar-refractivity contribution in [2.24, 2.45) is 0 Å². The van der Waals surface area contributed by atoms with Crippen LogP contribution in [0.2, 0.25) is 0 Å². The first-order valence-electron chi connectivity index (χ1n) is 6.01. The molecule has 4 N–H and O–H groups in total. The molecular formula is C13H20N2O3. The van der Waals surface area contributed by atoms with E-state index < -0.39 is 5.97 Å².